The monoisotopic (exact) mass is 243 g/mol. The molecule has 0 unspecified atom stereocenters. The fourth-order valence-corrected chi connectivity index (χ4v) is 2.41. The van der Waals surface area contributed by atoms with E-state index in [-0.39, 0.29) is 0 Å². The fraction of sp³-hybridized carbons (Fsp3) is 0.231. The van der Waals surface area contributed by atoms with E-state index in [4.69, 9.17) is 5.26 Å². The number of rotatable bonds is 4. The third-order valence-electron chi connectivity index (χ3n) is 2.55. The van der Waals surface area contributed by atoms with E-state index in [0.717, 1.165) is 18.7 Å². The topological polar surface area (TPSA) is 48.7 Å². The van der Waals surface area contributed by atoms with Gasteiger partial charge in [0, 0.05) is 19.3 Å². The van der Waals surface area contributed by atoms with Crippen LogP contribution in [0.15, 0.2) is 29.1 Å². The quantitative estimate of drug-likeness (QED) is 0.898. The van der Waals surface area contributed by atoms with E-state index in [1.165, 1.54) is 11.1 Å². The van der Waals surface area contributed by atoms with Gasteiger partial charge in [-0.2, -0.15) is 16.6 Å². The molecule has 17 heavy (non-hydrogen) atoms. The summed E-state index contributed by atoms with van der Waals surface area (Å²) < 4.78 is 0. The van der Waals surface area contributed by atoms with Crippen molar-refractivity contribution in [1.82, 2.24) is 10.3 Å². The number of hydrogen-bond donors (Lipinski definition) is 1. The predicted molar refractivity (Wildman–Crippen MR) is 68.6 cm³/mol. The molecule has 2 heterocycles. The molecule has 1 N–H and O–H groups in total. The summed E-state index contributed by atoms with van der Waals surface area (Å²) in [6.45, 7) is 3.74. The summed E-state index contributed by atoms with van der Waals surface area (Å²) in [7, 11) is 0. The number of aryl methyl sites for hydroxylation is 1. The lowest BCUT2D eigenvalue weighted by atomic mass is 10.2. The molecule has 0 atom stereocenters. The Morgan fingerprint density at radius 3 is 3.00 bits per heavy atom. The van der Waals surface area contributed by atoms with Gasteiger partial charge in [0.05, 0.1) is 0 Å². The first-order valence-corrected chi connectivity index (χ1v) is 6.31. The second-order valence-corrected chi connectivity index (χ2v) is 4.59. The predicted octanol–water partition coefficient (Wildman–Crippen LogP) is 2.61. The molecule has 2 rings (SSSR count). The number of pyridine rings is 1. The Balaban J connectivity index is 1.90. The van der Waals surface area contributed by atoms with Gasteiger partial charge >= 0.3 is 0 Å². The van der Waals surface area contributed by atoms with Crippen molar-refractivity contribution in [2.45, 2.75) is 20.0 Å². The number of nitriles is 1. The molecule has 0 aliphatic heterocycles. The van der Waals surface area contributed by atoms with Crippen LogP contribution in [-0.2, 0) is 13.1 Å². The lowest BCUT2D eigenvalue weighted by Gasteiger charge is -2.04. The highest BCUT2D eigenvalue weighted by atomic mass is 32.1. The zero-order chi connectivity index (χ0) is 12.1. The highest BCUT2D eigenvalue weighted by Crippen LogP contribution is 2.13. The van der Waals surface area contributed by atoms with Crippen LogP contribution < -0.4 is 5.32 Å². The molecule has 0 aromatic carbocycles. The van der Waals surface area contributed by atoms with Gasteiger partial charge in [-0.3, -0.25) is 0 Å². The highest BCUT2D eigenvalue weighted by Gasteiger charge is 1.99. The number of aromatic nitrogens is 1. The zero-order valence-corrected chi connectivity index (χ0v) is 10.4. The standard InChI is InChI=1S/C13H13N3S/c1-10-8-17-9-12(10)7-15-6-11-2-3-16-13(4-11)5-14/h2-4,8-9,15H,6-7H2,1H3. The molecule has 0 bridgehead atoms. The minimum atomic E-state index is 0.469. The van der Waals surface area contributed by atoms with Crippen LogP contribution in [0.5, 0.6) is 0 Å². The van der Waals surface area contributed by atoms with Gasteiger partial charge in [0.1, 0.15) is 11.8 Å². The van der Waals surface area contributed by atoms with Gasteiger partial charge in [0.2, 0.25) is 0 Å². The summed E-state index contributed by atoms with van der Waals surface area (Å²) in [5.41, 5.74) is 4.22. The van der Waals surface area contributed by atoms with Gasteiger partial charge in [-0.15, -0.1) is 0 Å². The molecule has 0 aliphatic rings. The van der Waals surface area contributed by atoms with E-state index in [2.05, 4.69) is 28.0 Å². The molecule has 0 radical (unpaired) electrons. The molecule has 2 aromatic rings. The van der Waals surface area contributed by atoms with E-state index in [1.54, 1.807) is 17.5 Å². The SMILES string of the molecule is Cc1cscc1CNCc1ccnc(C#N)c1. The van der Waals surface area contributed by atoms with Gasteiger partial charge in [-0.25, -0.2) is 4.98 Å². The fourth-order valence-electron chi connectivity index (χ4n) is 1.55. The summed E-state index contributed by atoms with van der Waals surface area (Å²) >= 11 is 1.73. The molecule has 0 fully saturated rings. The van der Waals surface area contributed by atoms with Crippen LogP contribution >= 0.6 is 11.3 Å². The molecule has 3 nitrogen and oxygen atoms in total. The average molecular weight is 243 g/mol. The van der Waals surface area contributed by atoms with E-state index in [1.807, 2.05) is 18.2 Å². The molecule has 0 saturated carbocycles. The molecule has 0 spiro atoms. The maximum Gasteiger partial charge on any atom is 0.140 e. The molecule has 4 heteroatoms. The molecule has 2 aromatic heterocycles. The van der Waals surface area contributed by atoms with Crippen LogP contribution in [0.4, 0.5) is 0 Å². The van der Waals surface area contributed by atoms with Crippen LogP contribution in [0.1, 0.15) is 22.4 Å². The minimum absolute atomic E-state index is 0.469. The number of hydrogen-bond acceptors (Lipinski definition) is 4. The Morgan fingerprint density at radius 2 is 2.29 bits per heavy atom. The minimum Gasteiger partial charge on any atom is -0.309 e. The van der Waals surface area contributed by atoms with Crippen molar-refractivity contribution in [3.8, 4) is 6.07 Å². The van der Waals surface area contributed by atoms with Gasteiger partial charge in [-0.1, -0.05) is 0 Å². The van der Waals surface area contributed by atoms with Crippen molar-refractivity contribution in [3.05, 3.63) is 51.5 Å². The van der Waals surface area contributed by atoms with Crippen molar-refractivity contribution >= 4 is 11.3 Å². The Bertz CT molecular complexity index is 540. The Morgan fingerprint density at radius 1 is 1.41 bits per heavy atom. The van der Waals surface area contributed by atoms with Crippen LogP contribution in [-0.4, -0.2) is 4.98 Å². The van der Waals surface area contributed by atoms with Gasteiger partial charge < -0.3 is 5.32 Å². The Labute approximate surface area is 105 Å². The summed E-state index contributed by atoms with van der Waals surface area (Å²) in [6, 6.07) is 5.78. The highest BCUT2D eigenvalue weighted by molar-refractivity contribution is 7.08. The summed E-state index contributed by atoms with van der Waals surface area (Å²) in [6.07, 6.45) is 1.67. The first kappa shape index (κ1) is 11.8. The second-order valence-electron chi connectivity index (χ2n) is 3.84. The third kappa shape index (κ3) is 3.13. The van der Waals surface area contributed by atoms with Crippen molar-refractivity contribution in [3.63, 3.8) is 0 Å². The van der Waals surface area contributed by atoms with Crippen LogP contribution in [0.2, 0.25) is 0 Å². The zero-order valence-electron chi connectivity index (χ0n) is 9.60. The maximum atomic E-state index is 8.74. The van der Waals surface area contributed by atoms with Gasteiger partial charge in [0.15, 0.2) is 0 Å². The lowest BCUT2D eigenvalue weighted by molar-refractivity contribution is 0.691. The largest absolute Gasteiger partial charge is 0.309 e. The number of thiophene rings is 1. The Kier molecular flexibility index (Phi) is 3.86. The Hall–Kier alpha value is -1.70. The third-order valence-corrected chi connectivity index (χ3v) is 3.46. The molecule has 0 saturated heterocycles. The molecule has 0 amide bonds. The van der Waals surface area contributed by atoms with E-state index in [9.17, 15) is 0 Å². The smallest absolute Gasteiger partial charge is 0.140 e. The maximum absolute atomic E-state index is 8.74. The van der Waals surface area contributed by atoms with E-state index in [0.29, 0.717) is 5.69 Å². The van der Waals surface area contributed by atoms with Crippen LogP contribution in [0.25, 0.3) is 0 Å². The molecular formula is C13H13N3S. The molecular weight excluding hydrogens is 230 g/mol. The summed E-state index contributed by atoms with van der Waals surface area (Å²) in [4.78, 5) is 3.94. The average Bonchev–Trinajstić information content (AvgIpc) is 2.76. The van der Waals surface area contributed by atoms with Crippen LogP contribution in [0, 0.1) is 18.3 Å². The van der Waals surface area contributed by atoms with E-state index < -0.39 is 0 Å². The van der Waals surface area contributed by atoms with Gasteiger partial charge in [0.25, 0.3) is 0 Å². The van der Waals surface area contributed by atoms with Crippen molar-refractivity contribution in [1.29, 1.82) is 5.26 Å². The second kappa shape index (κ2) is 5.58. The van der Waals surface area contributed by atoms with Gasteiger partial charge in [-0.05, 0) is 46.5 Å². The van der Waals surface area contributed by atoms with E-state index >= 15 is 0 Å². The molecule has 0 aliphatic carbocycles. The van der Waals surface area contributed by atoms with Crippen molar-refractivity contribution in [2.24, 2.45) is 0 Å². The lowest BCUT2D eigenvalue weighted by Crippen LogP contribution is -2.12. The van der Waals surface area contributed by atoms with Crippen molar-refractivity contribution < 1.29 is 0 Å². The first-order chi connectivity index (χ1) is 8.29. The normalized spacial score (nSPS) is 10.1. The van der Waals surface area contributed by atoms with Crippen molar-refractivity contribution in [2.75, 3.05) is 0 Å². The summed E-state index contributed by atoms with van der Waals surface area (Å²) in [5.74, 6) is 0. The number of nitrogens with zero attached hydrogens (tertiary/aromatic N) is 2. The first-order valence-electron chi connectivity index (χ1n) is 5.37. The molecule has 86 valence electrons. The van der Waals surface area contributed by atoms with Crippen LogP contribution in [0.3, 0.4) is 0 Å². The summed E-state index contributed by atoms with van der Waals surface area (Å²) in [5, 5.41) is 16.4. The number of nitrogens with one attached hydrogen (secondary N) is 1.